The molecule has 3 nitrogen and oxygen atoms in total. The highest BCUT2D eigenvalue weighted by Gasteiger charge is 2.19. The highest BCUT2D eigenvalue weighted by atomic mass is 16.5. The van der Waals surface area contributed by atoms with E-state index in [2.05, 4.69) is 6.07 Å². The number of hydrogen-bond donors (Lipinski definition) is 0. The van der Waals surface area contributed by atoms with Gasteiger partial charge in [0.2, 0.25) is 0 Å². The molecule has 0 amide bonds. The average Bonchev–Trinajstić information content (AvgIpc) is 2.52. The lowest BCUT2D eigenvalue weighted by Gasteiger charge is -2.26. The molecule has 102 valence electrons. The van der Waals surface area contributed by atoms with Crippen LogP contribution in [0.5, 0.6) is 0 Å². The van der Waals surface area contributed by atoms with Crippen molar-refractivity contribution in [3.05, 3.63) is 47.5 Å². The molecule has 0 N–H and O–H groups in total. The SMILES string of the molecule is N#CC=C[C@H]1CC[C@H](OCc2ccc(C#N)cc2)CC1. The first-order chi connectivity index (χ1) is 9.81. The van der Waals surface area contributed by atoms with Crippen LogP contribution in [0.25, 0.3) is 0 Å². The number of nitrogens with zero attached hydrogens (tertiary/aromatic N) is 2. The van der Waals surface area contributed by atoms with E-state index in [9.17, 15) is 0 Å². The Balaban J connectivity index is 1.74. The summed E-state index contributed by atoms with van der Waals surface area (Å²) >= 11 is 0. The number of hydrogen-bond acceptors (Lipinski definition) is 3. The monoisotopic (exact) mass is 266 g/mol. The highest BCUT2D eigenvalue weighted by Crippen LogP contribution is 2.27. The van der Waals surface area contributed by atoms with E-state index in [0.29, 0.717) is 24.2 Å². The van der Waals surface area contributed by atoms with Gasteiger partial charge in [-0.15, -0.1) is 0 Å². The third-order valence-corrected chi connectivity index (χ3v) is 3.73. The third-order valence-electron chi connectivity index (χ3n) is 3.73. The lowest BCUT2D eigenvalue weighted by molar-refractivity contribution is 0.0110. The molecule has 0 spiro atoms. The normalized spacial score (nSPS) is 22.3. The van der Waals surface area contributed by atoms with Crippen molar-refractivity contribution in [2.24, 2.45) is 5.92 Å². The smallest absolute Gasteiger partial charge is 0.0991 e. The molecule has 1 aromatic rings. The second-order valence-electron chi connectivity index (χ2n) is 5.14. The van der Waals surface area contributed by atoms with Gasteiger partial charge in [0, 0.05) is 6.08 Å². The maximum absolute atomic E-state index is 8.74. The number of ether oxygens (including phenoxy) is 1. The molecule has 0 heterocycles. The Bertz CT molecular complexity index is 526. The van der Waals surface area contributed by atoms with Crippen LogP contribution in [-0.4, -0.2) is 6.10 Å². The Labute approximate surface area is 120 Å². The van der Waals surface area contributed by atoms with Crippen LogP contribution in [0.2, 0.25) is 0 Å². The number of rotatable bonds is 4. The van der Waals surface area contributed by atoms with Crippen molar-refractivity contribution in [1.29, 1.82) is 10.5 Å². The predicted molar refractivity (Wildman–Crippen MR) is 76.4 cm³/mol. The molecular formula is C17H18N2O. The summed E-state index contributed by atoms with van der Waals surface area (Å²) in [4.78, 5) is 0. The predicted octanol–water partition coefficient (Wildman–Crippen LogP) is 3.71. The van der Waals surface area contributed by atoms with Crippen LogP contribution >= 0.6 is 0 Å². The summed E-state index contributed by atoms with van der Waals surface area (Å²) in [5.41, 5.74) is 1.79. The van der Waals surface area contributed by atoms with Crippen LogP contribution in [0, 0.1) is 28.6 Å². The zero-order chi connectivity index (χ0) is 14.2. The van der Waals surface area contributed by atoms with Gasteiger partial charge in [-0.05, 0) is 49.3 Å². The number of allylic oxidation sites excluding steroid dienone is 2. The van der Waals surface area contributed by atoms with E-state index < -0.39 is 0 Å². The molecule has 1 aliphatic rings. The van der Waals surface area contributed by atoms with E-state index in [1.54, 1.807) is 6.08 Å². The Morgan fingerprint density at radius 2 is 1.80 bits per heavy atom. The Morgan fingerprint density at radius 3 is 2.40 bits per heavy atom. The molecular weight excluding hydrogens is 248 g/mol. The maximum Gasteiger partial charge on any atom is 0.0991 e. The van der Waals surface area contributed by atoms with Gasteiger partial charge in [0.15, 0.2) is 0 Å². The molecule has 0 aliphatic heterocycles. The minimum atomic E-state index is 0.317. The maximum atomic E-state index is 8.74. The lowest BCUT2D eigenvalue weighted by Crippen LogP contribution is -2.20. The van der Waals surface area contributed by atoms with E-state index >= 15 is 0 Å². The second-order valence-corrected chi connectivity index (χ2v) is 5.14. The standard InChI is InChI=1S/C17H18N2O/c18-11-1-2-14-7-9-17(10-8-14)20-13-16-5-3-15(12-19)4-6-16/h1-6,14,17H,7-10,13H2/t14-,17-. The Hall–Kier alpha value is -2.10. The van der Waals surface area contributed by atoms with E-state index in [-0.39, 0.29) is 0 Å². The Morgan fingerprint density at radius 1 is 1.10 bits per heavy atom. The van der Waals surface area contributed by atoms with Gasteiger partial charge in [-0.25, -0.2) is 0 Å². The van der Waals surface area contributed by atoms with Crippen LogP contribution < -0.4 is 0 Å². The van der Waals surface area contributed by atoms with Crippen molar-refractivity contribution < 1.29 is 4.74 Å². The quantitative estimate of drug-likeness (QED) is 0.780. The van der Waals surface area contributed by atoms with Crippen molar-refractivity contribution in [2.75, 3.05) is 0 Å². The second kappa shape index (κ2) is 7.48. The van der Waals surface area contributed by atoms with Gasteiger partial charge in [-0.3, -0.25) is 0 Å². The largest absolute Gasteiger partial charge is 0.374 e. The lowest BCUT2D eigenvalue weighted by atomic mass is 9.87. The molecule has 2 rings (SSSR count). The number of benzene rings is 1. The van der Waals surface area contributed by atoms with E-state index in [1.807, 2.05) is 36.4 Å². The van der Waals surface area contributed by atoms with Crippen LogP contribution in [0.3, 0.4) is 0 Å². The molecule has 3 heteroatoms. The summed E-state index contributed by atoms with van der Waals surface area (Å²) in [6.07, 6.45) is 8.21. The van der Waals surface area contributed by atoms with Gasteiger partial charge in [0.25, 0.3) is 0 Å². The van der Waals surface area contributed by atoms with Gasteiger partial charge in [-0.2, -0.15) is 10.5 Å². The van der Waals surface area contributed by atoms with Gasteiger partial charge in [0.05, 0.1) is 30.4 Å². The van der Waals surface area contributed by atoms with E-state index in [0.717, 1.165) is 31.2 Å². The van der Waals surface area contributed by atoms with Crippen LogP contribution in [-0.2, 0) is 11.3 Å². The molecule has 1 aliphatic carbocycles. The summed E-state index contributed by atoms with van der Waals surface area (Å²) in [5, 5.41) is 17.3. The molecule has 20 heavy (non-hydrogen) atoms. The molecule has 0 radical (unpaired) electrons. The molecule has 0 saturated heterocycles. The molecule has 0 bridgehead atoms. The van der Waals surface area contributed by atoms with Crippen molar-refractivity contribution in [3.63, 3.8) is 0 Å². The topological polar surface area (TPSA) is 56.8 Å². The molecule has 0 aromatic heterocycles. The molecule has 0 unspecified atom stereocenters. The fourth-order valence-electron chi connectivity index (χ4n) is 2.52. The van der Waals surface area contributed by atoms with Gasteiger partial charge in [0.1, 0.15) is 0 Å². The van der Waals surface area contributed by atoms with Gasteiger partial charge < -0.3 is 4.74 Å². The number of nitriles is 2. The van der Waals surface area contributed by atoms with Crippen molar-refractivity contribution >= 4 is 0 Å². The summed E-state index contributed by atoms with van der Waals surface area (Å²) in [6, 6.07) is 11.7. The molecule has 1 saturated carbocycles. The van der Waals surface area contributed by atoms with Gasteiger partial charge in [-0.1, -0.05) is 18.2 Å². The fraction of sp³-hybridized carbons (Fsp3) is 0.412. The summed E-state index contributed by atoms with van der Waals surface area (Å²) in [6.45, 7) is 0.606. The van der Waals surface area contributed by atoms with Gasteiger partial charge >= 0.3 is 0 Å². The highest BCUT2D eigenvalue weighted by molar-refractivity contribution is 5.31. The zero-order valence-corrected chi connectivity index (χ0v) is 11.5. The van der Waals surface area contributed by atoms with Crippen LogP contribution in [0.4, 0.5) is 0 Å². The zero-order valence-electron chi connectivity index (χ0n) is 11.5. The molecule has 1 aromatic carbocycles. The third kappa shape index (κ3) is 4.23. The fourth-order valence-corrected chi connectivity index (χ4v) is 2.52. The van der Waals surface area contributed by atoms with Crippen molar-refractivity contribution in [3.8, 4) is 12.1 Å². The molecule has 0 atom stereocenters. The first-order valence-corrected chi connectivity index (χ1v) is 6.98. The summed E-state index contributed by atoms with van der Waals surface area (Å²) in [7, 11) is 0. The summed E-state index contributed by atoms with van der Waals surface area (Å²) in [5.74, 6) is 0.532. The van der Waals surface area contributed by atoms with Crippen molar-refractivity contribution in [2.45, 2.75) is 38.4 Å². The molecule has 1 fully saturated rings. The van der Waals surface area contributed by atoms with E-state index in [1.165, 1.54) is 0 Å². The first kappa shape index (κ1) is 14.3. The van der Waals surface area contributed by atoms with Crippen LogP contribution in [0.1, 0.15) is 36.8 Å². The average molecular weight is 266 g/mol. The minimum Gasteiger partial charge on any atom is -0.374 e. The Kier molecular flexibility index (Phi) is 5.35. The van der Waals surface area contributed by atoms with E-state index in [4.69, 9.17) is 15.3 Å². The minimum absolute atomic E-state index is 0.317. The van der Waals surface area contributed by atoms with Crippen LogP contribution in [0.15, 0.2) is 36.4 Å². The van der Waals surface area contributed by atoms with Crippen molar-refractivity contribution in [1.82, 2.24) is 0 Å². The summed E-state index contributed by atoms with van der Waals surface area (Å²) < 4.78 is 5.92. The first-order valence-electron chi connectivity index (χ1n) is 6.98.